The number of H-pyrrole nitrogens is 1. The van der Waals surface area contributed by atoms with Gasteiger partial charge < -0.3 is 15.2 Å². The van der Waals surface area contributed by atoms with E-state index in [2.05, 4.69) is 75.6 Å². The van der Waals surface area contributed by atoms with E-state index >= 15 is 0 Å². The van der Waals surface area contributed by atoms with Crippen LogP contribution in [0.15, 0.2) is 60.8 Å². The number of piperazine rings is 1. The normalized spacial score (nSPS) is 14.5. The molecule has 3 heterocycles. The van der Waals surface area contributed by atoms with Gasteiger partial charge in [-0.25, -0.2) is 4.98 Å². The Labute approximate surface area is 175 Å². The van der Waals surface area contributed by atoms with Crippen LogP contribution in [0.25, 0.3) is 33.4 Å². The number of pyridine rings is 1. The Morgan fingerprint density at radius 2 is 1.59 bits per heavy atom. The Hall–Kier alpha value is -2.82. The first kappa shape index (κ1) is 18.2. The van der Waals surface area contributed by atoms with Gasteiger partial charge in [0, 0.05) is 49.0 Å². The second kappa shape index (κ2) is 7.54. The van der Waals surface area contributed by atoms with Crippen molar-refractivity contribution in [1.82, 2.24) is 15.3 Å². The van der Waals surface area contributed by atoms with Crippen LogP contribution in [0.2, 0.25) is 5.02 Å². The van der Waals surface area contributed by atoms with Crippen LogP contribution in [-0.4, -0.2) is 36.1 Å². The molecule has 2 aromatic heterocycles. The largest absolute Gasteiger partial charge is 0.369 e. The quantitative estimate of drug-likeness (QED) is 0.490. The Morgan fingerprint density at radius 1 is 0.897 bits per heavy atom. The lowest BCUT2D eigenvalue weighted by Crippen LogP contribution is -2.43. The maximum atomic E-state index is 6.60. The molecule has 4 nitrogen and oxygen atoms in total. The highest BCUT2D eigenvalue weighted by molar-refractivity contribution is 6.36. The fourth-order valence-corrected chi connectivity index (χ4v) is 4.30. The van der Waals surface area contributed by atoms with Gasteiger partial charge in [0.05, 0.1) is 10.7 Å². The lowest BCUT2D eigenvalue weighted by atomic mass is 9.98. The molecular formula is C24H23ClN4. The van der Waals surface area contributed by atoms with Crippen molar-refractivity contribution in [2.45, 2.75) is 6.92 Å². The molecule has 2 N–H and O–H groups in total. The van der Waals surface area contributed by atoms with Gasteiger partial charge in [-0.05, 0) is 36.2 Å². The van der Waals surface area contributed by atoms with Crippen LogP contribution in [0.5, 0.6) is 0 Å². The minimum atomic E-state index is 0.713. The minimum Gasteiger partial charge on any atom is -0.369 e. The third-order valence-corrected chi connectivity index (χ3v) is 5.94. The summed E-state index contributed by atoms with van der Waals surface area (Å²) in [5.74, 6) is 0. The first-order valence-electron chi connectivity index (χ1n) is 10.00. The zero-order chi connectivity index (χ0) is 19.8. The van der Waals surface area contributed by atoms with Crippen molar-refractivity contribution in [1.29, 1.82) is 0 Å². The lowest BCUT2D eigenvalue weighted by molar-refractivity contribution is 0.589. The molecule has 0 atom stereocenters. The number of hydrogen-bond acceptors (Lipinski definition) is 3. The third-order valence-electron chi connectivity index (χ3n) is 5.62. The van der Waals surface area contributed by atoms with Crippen LogP contribution in [0, 0.1) is 6.92 Å². The third kappa shape index (κ3) is 3.39. The number of anilines is 1. The summed E-state index contributed by atoms with van der Waals surface area (Å²) in [4.78, 5) is 10.5. The van der Waals surface area contributed by atoms with E-state index < -0.39 is 0 Å². The zero-order valence-corrected chi connectivity index (χ0v) is 17.1. The van der Waals surface area contributed by atoms with E-state index in [4.69, 9.17) is 11.6 Å². The molecule has 5 rings (SSSR count). The van der Waals surface area contributed by atoms with Crippen molar-refractivity contribution < 1.29 is 0 Å². The molecule has 0 radical (unpaired) electrons. The molecule has 29 heavy (non-hydrogen) atoms. The molecule has 5 heteroatoms. The molecule has 1 aliphatic rings. The molecule has 0 amide bonds. The topological polar surface area (TPSA) is 44.0 Å². The summed E-state index contributed by atoms with van der Waals surface area (Å²) in [5, 5.41) is 5.09. The molecule has 1 fully saturated rings. The first-order valence-corrected chi connectivity index (χ1v) is 10.4. The zero-order valence-electron chi connectivity index (χ0n) is 16.4. The number of nitrogens with one attached hydrogen (secondary N) is 2. The van der Waals surface area contributed by atoms with Crippen molar-refractivity contribution >= 4 is 28.3 Å². The molecule has 0 spiro atoms. The smallest absolute Gasteiger partial charge is 0.139 e. The first-order chi connectivity index (χ1) is 14.2. The average Bonchev–Trinajstić information content (AvgIpc) is 3.16. The standard InChI is InChI=1S/C24H23ClN4/c1-16-2-4-17(5-3-16)21-22-20(25)10-11-27-24(22)28-23(21)18-6-8-19(9-7-18)29-14-12-26-13-15-29/h2-11,26H,12-15H2,1H3,(H,27,28). The van der Waals surface area contributed by atoms with Gasteiger partial charge in [-0.1, -0.05) is 53.6 Å². The summed E-state index contributed by atoms with van der Waals surface area (Å²) in [7, 11) is 0. The summed E-state index contributed by atoms with van der Waals surface area (Å²) in [5.41, 5.74) is 7.74. The van der Waals surface area contributed by atoms with Crippen molar-refractivity contribution in [2.24, 2.45) is 0 Å². The Kier molecular flexibility index (Phi) is 4.74. The molecule has 1 aliphatic heterocycles. The van der Waals surface area contributed by atoms with Crippen molar-refractivity contribution in [2.75, 3.05) is 31.1 Å². The molecule has 0 saturated carbocycles. The van der Waals surface area contributed by atoms with E-state index in [-0.39, 0.29) is 0 Å². The highest BCUT2D eigenvalue weighted by Gasteiger charge is 2.18. The monoisotopic (exact) mass is 402 g/mol. The van der Waals surface area contributed by atoms with Gasteiger partial charge in [0.1, 0.15) is 5.65 Å². The molecule has 1 saturated heterocycles. The summed E-state index contributed by atoms with van der Waals surface area (Å²) in [6.07, 6.45) is 1.75. The molecule has 0 bridgehead atoms. The van der Waals surface area contributed by atoms with E-state index in [1.807, 2.05) is 6.07 Å². The van der Waals surface area contributed by atoms with E-state index in [1.54, 1.807) is 6.20 Å². The van der Waals surface area contributed by atoms with Gasteiger partial charge in [0.25, 0.3) is 0 Å². The number of nitrogens with zero attached hydrogens (tertiary/aromatic N) is 2. The molecular weight excluding hydrogens is 380 g/mol. The fraction of sp³-hybridized carbons (Fsp3) is 0.208. The van der Waals surface area contributed by atoms with Gasteiger partial charge >= 0.3 is 0 Å². The second-order valence-corrected chi connectivity index (χ2v) is 7.95. The lowest BCUT2D eigenvalue weighted by Gasteiger charge is -2.29. The fourth-order valence-electron chi connectivity index (χ4n) is 4.06. The number of fused-ring (bicyclic) bond motifs is 1. The van der Waals surface area contributed by atoms with E-state index in [0.29, 0.717) is 5.02 Å². The molecule has 2 aromatic carbocycles. The predicted molar refractivity (Wildman–Crippen MR) is 122 cm³/mol. The Balaban J connectivity index is 1.63. The van der Waals surface area contributed by atoms with Gasteiger partial charge in [0.15, 0.2) is 0 Å². The number of hydrogen-bond donors (Lipinski definition) is 2. The summed E-state index contributed by atoms with van der Waals surface area (Å²) in [6, 6.07) is 19.2. The van der Waals surface area contributed by atoms with Crippen LogP contribution in [0.4, 0.5) is 5.69 Å². The van der Waals surface area contributed by atoms with Crippen molar-refractivity contribution in [3.63, 3.8) is 0 Å². The maximum Gasteiger partial charge on any atom is 0.139 e. The number of aromatic nitrogens is 2. The predicted octanol–water partition coefficient (Wildman–Crippen LogP) is 5.27. The van der Waals surface area contributed by atoms with Gasteiger partial charge in [0.2, 0.25) is 0 Å². The second-order valence-electron chi connectivity index (χ2n) is 7.54. The number of rotatable bonds is 3. The van der Waals surface area contributed by atoms with E-state index in [9.17, 15) is 0 Å². The van der Waals surface area contributed by atoms with Crippen molar-refractivity contribution in [3.05, 3.63) is 71.4 Å². The number of aromatic amines is 1. The van der Waals surface area contributed by atoms with E-state index in [0.717, 1.165) is 59.6 Å². The van der Waals surface area contributed by atoms with Crippen LogP contribution in [-0.2, 0) is 0 Å². The maximum absolute atomic E-state index is 6.60. The van der Waals surface area contributed by atoms with Gasteiger partial charge in [-0.15, -0.1) is 0 Å². The average molecular weight is 403 g/mol. The number of benzene rings is 2. The number of aryl methyl sites for hydroxylation is 1. The van der Waals surface area contributed by atoms with Crippen LogP contribution in [0.1, 0.15) is 5.56 Å². The van der Waals surface area contributed by atoms with Crippen LogP contribution in [0.3, 0.4) is 0 Å². The molecule has 146 valence electrons. The Bertz CT molecular complexity index is 1140. The van der Waals surface area contributed by atoms with Crippen LogP contribution < -0.4 is 10.2 Å². The van der Waals surface area contributed by atoms with Gasteiger partial charge in [-0.3, -0.25) is 0 Å². The van der Waals surface area contributed by atoms with E-state index in [1.165, 1.54) is 11.3 Å². The molecule has 0 aliphatic carbocycles. The van der Waals surface area contributed by atoms with Crippen molar-refractivity contribution in [3.8, 4) is 22.4 Å². The summed E-state index contributed by atoms with van der Waals surface area (Å²) >= 11 is 6.60. The van der Waals surface area contributed by atoms with Gasteiger partial charge in [-0.2, -0.15) is 0 Å². The summed E-state index contributed by atoms with van der Waals surface area (Å²) in [6.45, 7) is 6.25. The molecule has 4 aromatic rings. The summed E-state index contributed by atoms with van der Waals surface area (Å²) < 4.78 is 0. The van der Waals surface area contributed by atoms with Crippen LogP contribution >= 0.6 is 11.6 Å². The minimum absolute atomic E-state index is 0.713. The Morgan fingerprint density at radius 3 is 2.31 bits per heavy atom. The molecule has 0 unspecified atom stereocenters. The SMILES string of the molecule is Cc1ccc(-c2c(-c3ccc(N4CCNCC4)cc3)[nH]c3nccc(Cl)c23)cc1. The highest BCUT2D eigenvalue weighted by Crippen LogP contribution is 2.41. The number of halogens is 1. The highest BCUT2D eigenvalue weighted by atomic mass is 35.5.